The van der Waals surface area contributed by atoms with Gasteiger partial charge in [-0.05, 0) is 13.3 Å². The van der Waals surface area contributed by atoms with Crippen LogP contribution in [0.4, 0.5) is 4.79 Å². The molecular weight excluding hydrogens is 296 g/mol. The Balaban J connectivity index is 1.66. The second-order valence-corrected chi connectivity index (χ2v) is 6.33. The van der Waals surface area contributed by atoms with E-state index in [0.717, 1.165) is 39.3 Å². The predicted molar refractivity (Wildman–Crippen MR) is 88.3 cm³/mol. The van der Waals surface area contributed by atoms with Gasteiger partial charge in [0.15, 0.2) is 0 Å². The van der Waals surface area contributed by atoms with Crippen LogP contribution in [0.2, 0.25) is 0 Å². The number of piperazine rings is 1. The molecule has 2 saturated heterocycles. The van der Waals surface area contributed by atoms with E-state index < -0.39 is 0 Å². The maximum absolute atomic E-state index is 12.3. The van der Waals surface area contributed by atoms with Gasteiger partial charge in [0.25, 0.3) is 0 Å². The quantitative estimate of drug-likeness (QED) is 0.792. The Hall–Kier alpha value is -1.34. The third-order valence-electron chi connectivity index (χ3n) is 4.65. The van der Waals surface area contributed by atoms with E-state index in [1.54, 1.807) is 4.90 Å². The van der Waals surface area contributed by atoms with Crippen LogP contribution in [0.25, 0.3) is 0 Å². The first-order valence-corrected chi connectivity index (χ1v) is 8.73. The van der Waals surface area contributed by atoms with E-state index in [1.807, 2.05) is 11.8 Å². The number of carbonyl (C=O) groups is 2. The molecule has 23 heavy (non-hydrogen) atoms. The maximum Gasteiger partial charge on any atom is 0.317 e. The summed E-state index contributed by atoms with van der Waals surface area (Å²) in [5.74, 6) is 0.193. The summed E-state index contributed by atoms with van der Waals surface area (Å²) in [5.41, 5.74) is 0. The molecule has 2 rings (SSSR count). The van der Waals surface area contributed by atoms with Crippen molar-refractivity contribution < 1.29 is 14.3 Å². The molecule has 2 aliphatic heterocycles. The highest BCUT2D eigenvalue weighted by molar-refractivity contribution is 5.78. The van der Waals surface area contributed by atoms with Gasteiger partial charge in [0.1, 0.15) is 0 Å². The van der Waals surface area contributed by atoms with Crippen LogP contribution in [0.5, 0.6) is 0 Å². The molecule has 2 fully saturated rings. The van der Waals surface area contributed by atoms with Crippen LogP contribution >= 0.6 is 0 Å². The molecule has 0 spiro atoms. The summed E-state index contributed by atoms with van der Waals surface area (Å²) < 4.78 is 5.31. The number of carbonyl (C=O) groups excluding carboxylic acids is 2. The lowest BCUT2D eigenvalue weighted by molar-refractivity contribution is -0.133. The second-order valence-electron chi connectivity index (χ2n) is 6.33. The predicted octanol–water partition coefficient (Wildman–Crippen LogP) is 0.361. The van der Waals surface area contributed by atoms with Gasteiger partial charge in [0, 0.05) is 58.3 Å². The summed E-state index contributed by atoms with van der Waals surface area (Å²) in [6.07, 6.45) is 1.48. The summed E-state index contributed by atoms with van der Waals surface area (Å²) in [5, 5.41) is 2.98. The van der Waals surface area contributed by atoms with Gasteiger partial charge in [-0.3, -0.25) is 9.69 Å². The Morgan fingerprint density at radius 1 is 1.04 bits per heavy atom. The zero-order valence-electron chi connectivity index (χ0n) is 14.4. The summed E-state index contributed by atoms with van der Waals surface area (Å²) in [7, 11) is 0. The van der Waals surface area contributed by atoms with Crippen molar-refractivity contribution in [1.82, 2.24) is 20.0 Å². The number of amides is 3. The molecule has 7 nitrogen and oxygen atoms in total. The molecular formula is C16H30N4O3. The van der Waals surface area contributed by atoms with Crippen LogP contribution in [-0.4, -0.2) is 91.7 Å². The molecule has 0 aromatic rings. The zero-order chi connectivity index (χ0) is 16.7. The lowest BCUT2D eigenvalue weighted by Crippen LogP contribution is -2.54. The summed E-state index contributed by atoms with van der Waals surface area (Å²) in [4.78, 5) is 30.3. The average Bonchev–Trinajstić information content (AvgIpc) is 2.60. The van der Waals surface area contributed by atoms with E-state index >= 15 is 0 Å². The first-order valence-electron chi connectivity index (χ1n) is 8.73. The molecule has 0 aromatic heterocycles. The van der Waals surface area contributed by atoms with Crippen molar-refractivity contribution in [1.29, 1.82) is 0 Å². The number of nitrogens with one attached hydrogen (secondary N) is 1. The van der Waals surface area contributed by atoms with Crippen LogP contribution in [0.15, 0.2) is 0 Å². The molecule has 0 bridgehead atoms. The Kier molecular flexibility index (Phi) is 7.11. The Morgan fingerprint density at radius 3 is 2.26 bits per heavy atom. The lowest BCUT2D eigenvalue weighted by atomic mass is 10.2. The van der Waals surface area contributed by atoms with E-state index in [4.69, 9.17) is 4.74 Å². The van der Waals surface area contributed by atoms with Gasteiger partial charge in [-0.2, -0.15) is 0 Å². The molecule has 7 heteroatoms. The van der Waals surface area contributed by atoms with Crippen LogP contribution in [0.3, 0.4) is 0 Å². The molecule has 0 radical (unpaired) electrons. The Morgan fingerprint density at radius 2 is 1.65 bits per heavy atom. The van der Waals surface area contributed by atoms with Crippen molar-refractivity contribution in [3.63, 3.8) is 0 Å². The number of ether oxygens (including phenoxy) is 1. The molecule has 1 N–H and O–H groups in total. The maximum atomic E-state index is 12.3. The molecule has 3 amide bonds. The van der Waals surface area contributed by atoms with Crippen molar-refractivity contribution in [2.24, 2.45) is 0 Å². The van der Waals surface area contributed by atoms with E-state index in [-0.39, 0.29) is 18.0 Å². The zero-order valence-corrected chi connectivity index (χ0v) is 14.4. The van der Waals surface area contributed by atoms with Gasteiger partial charge in [-0.15, -0.1) is 0 Å². The van der Waals surface area contributed by atoms with Crippen LogP contribution in [0, 0.1) is 0 Å². The lowest BCUT2D eigenvalue weighted by Gasteiger charge is -2.35. The number of morpholine rings is 1. The minimum atomic E-state index is -0.0141. The fourth-order valence-electron chi connectivity index (χ4n) is 2.80. The van der Waals surface area contributed by atoms with Gasteiger partial charge in [-0.1, -0.05) is 6.92 Å². The standard InChI is InChI=1S/C16H30N4O3/c1-3-14(2)17-16(22)20-8-6-19(7-9-20)15(21)4-5-18-10-12-23-13-11-18/h14H,3-13H2,1-2H3,(H,17,22). The summed E-state index contributed by atoms with van der Waals surface area (Å²) in [6, 6.07) is 0.176. The normalized spacial score (nSPS) is 21.1. The molecule has 2 heterocycles. The van der Waals surface area contributed by atoms with Gasteiger partial charge in [0.2, 0.25) is 5.91 Å². The summed E-state index contributed by atoms with van der Waals surface area (Å²) in [6.45, 7) is 10.7. The second kappa shape index (κ2) is 9.08. The largest absolute Gasteiger partial charge is 0.379 e. The van der Waals surface area contributed by atoms with Gasteiger partial charge in [0.05, 0.1) is 13.2 Å². The highest BCUT2D eigenvalue weighted by Gasteiger charge is 2.24. The van der Waals surface area contributed by atoms with Crippen LogP contribution in [-0.2, 0) is 9.53 Å². The number of urea groups is 1. The molecule has 0 aromatic carbocycles. The van der Waals surface area contributed by atoms with Gasteiger partial charge in [-0.25, -0.2) is 4.79 Å². The fourth-order valence-corrected chi connectivity index (χ4v) is 2.80. The average molecular weight is 326 g/mol. The molecule has 1 atom stereocenters. The van der Waals surface area contributed by atoms with Crippen molar-refractivity contribution in [2.75, 3.05) is 59.0 Å². The smallest absolute Gasteiger partial charge is 0.317 e. The fraction of sp³-hybridized carbons (Fsp3) is 0.875. The highest BCUT2D eigenvalue weighted by Crippen LogP contribution is 2.06. The van der Waals surface area contributed by atoms with Crippen molar-refractivity contribution >= 4 is 11.9 Å². The highest BCUT2D eigenvalue weighted by atomic mass is 16.5. The molecule has 0 saturated carbocycles. The number of hydrogen-bond acceptors (Lipinski definition) is 4. The van der Waals surface area contributed by atoms with Crippen LogP contribution in [0.1, 0.15) is 26.7 Å². The minimum absolute atomic E-state index is 0.0141. The molecule has 2 aliphatic rings. The minimum Gasteiger partial charge on any atom is -0.379 e. The molecule has 132 valence electrons. The van der Waals surface area contributed by atoms with E-state index in [2.05, 4.69) is 17.1 Å². The SMILES string of the molecule is CCC(C)NC(=O)N1CCN(C(=O)CCN2CCOCC2)CC1. The Labute approximate surface area is 138 Å². The van der Waals surface area contributed by atoms with Crippen LogP contribution < -0.4 is 5.32 Å². The molecule has 1 unspecified atom stereocenters. The molecule has 0 aliphatic carbocycles. The topological polar surface area (TPSA) is 65.1 Å². The summed E-state index contributed by atoms with van der Waals surface area (Å²) >= 11 is 0. The van der Waals surface area contributed by atoms with Crippen molar-refractivity contribution in [3.8, 4) is 0 Å². The number of hydrogen-bond donors (Lipinski definition) is 1. The van der Waals surface area contributed by atoms with Gasteiger partial charge < -0.3 is 19.9 Å². The van der Waals surface area contributed by atoms with Crippen molar-refractivity contribution in [3.05, 3.63) is 0 Å². The van der Waals surface area contributed by atoms with E-state index in [1.165, 1.54) is 0 Å². The third kappa shape index (κ3) is 5.66. The van der Waals surface area contributed by atoms with E-state index in [0.29, 0.717) is 32.6 Å². The number of nitrogens with zero attached hydrogens (tertiary/aromatic N) is 3. The van der Waals surface area contributed by atoms with Gasteiger partial charge >= 0.3 is 6.03 Å². The monoisotopic (exact) mass is 326 g/mol. The van der Waals surface area contributed by atoms with E-state index in [9.17, 15) is 9.59 Å². The Bertz CT molecular complexity index is 391. The van der Waals surface area contributed by atoms with Crippen molar-refractivity contribution in [2.45, 2.75) is 32.7 Å². The first-order chi connectivity index (χ1) is 11.1. The third-order valence-corrected chi connectivity index (χ3v) is 4.65. The first kappa shape index (κ1) is 18.0. The number of rotatable bonds is 5.